The molecular weight excluding hydrogens is 1620 g/mol. The summed E-state index contributed by atoms with van der Waals surface area (Å²) < 4.78 is 171. The number of anilines is 2. The molecule has 2 aliphatic rings. The van der Waals surface area contributed by atoms with Gasteiger partial charge >= 0.3 is 48.7 Å². The van der Waals surface area contributed by atoms with Crippen LogP contribution in [0.2, 0.25) is 0 Å². The van der Waals surface area contributed by atoms with E-state index in [1.807, 2.05) is 99.6 Å². The van der Waals surface area contributed by atoms with E-state index in [1.165, 1.54) is 36.4 Å². The van der Waals surface area contributed by atoms with Crippen molar-refractivity contribution in [1.29, 1.82) is 0 Å². The van der Waals surface area contributed by atoms with Crippen LogP contribution in [0.1, 0.15) is 156 Å². The van der Waals surface area contributed by atoms with Crippen molar-refractivity contribution in [2.75, 3.05) is 29.1 Å². The van der Waals surface area contributed by atoms with Crippen LogP contribution in [0.3, 0.4) is 0 Å². The first-order valence-electron chi connectivity index (χ1n) is 37.5. The number of Topliss-reactive ketones (excluding diaryl/α,β-unsaturated/α-hetero) is 1. The molecule has 0 fully saturated rings. The van der Waals surface area contributed by atoms with Crippen molar-refractivity contribution in [2.45, 2.75) is 171 Å². The summed E-state index contributed by atoms with van der Waals surface area (Å²) in [5.41, 5.74) is 0.674. The van der Waals surface area contributed by atoms with E-state index in [4.69, 9.17) is 23.7 Å². The molecule has 638 valence electrons. The van der Waals surface area contributed by atoms with E-state index in [-0.39, 0.29) is 80.5 Å². The van der Waals surface area contributed by atoms with Gasteiger partial charge in [0.2, 0.25) is 6.08 Å². The van der Waals surface area contributed by atoms with Crippen molar-refractivity contribution >= 4 is 79.6 Å². The fourth-order valence-electron chi connectivity index (χ4n) is 13.0. The number of aliphatic hydroxyl groups is 1. The first-order valence-corrected chi connectivity index (χ1v) is 40.4. The fourth-order valence-corrected chi connectivity index (χ4v) is 15.0. The number of cyclic esters (lactones) is 2. The second-order valence-electron chi connectivity index (χ2n) is 27.3. The quantitative estimate of drug-likeness (QED) is 0.00741. The molecule has 1 amide bonds. The number of benzene rings is 6. The minimum absolute atomic E-state index is 0. The number of carbonyl (C=O) groups is 7. The first kappa shape index (κ1) is 94.6. The number of aromatic nitrogens is 2. The molecule has 0 saturated carbocycles. The van der Waals surface area contributed by atoms with Crippen LogP contribution in [0.5, 0.6) is 0 Å². The third-order valence-electron chi connectivity index (χ3n) is 18.6. The Balaban J connectivity index is 0.000000281. The zero-order valence-corrected chi connectivity index (χ0v) is 66.6. The number of halogens is 6. The van der Waals surface area contributed by atoms with Gasteiger partial charge in [0.15, 0.2) is 22.4 Å². The van der Waals surface area contributed by atoms with Gasteiger partial charge < -0.3 is 43.6 Å². The number of aryl methyl sites for hydroxylation is 2. The molecule has 34 heteroatoms. The minimum atomic E-state index is -4.72. The van der Waals surface area contributed by atoms with E-state index in [2.05, 4.69) is 39.2 Å². The SMILES string of the molecule is C.CCC[C@@]1(CCc2ccccc2)CC(O)=C([C@H](CC)c2cccc(NS(=O)(=O)c3ccc(C(F)(F)F)cn3)c2)C(=O)O1.CCC[C@@]1(CCc2ccccc2)CC(OC(=O)NCC(=O)OC(=O)OCc2ccccc2)=C([C@H](CC)c2cccc(NS(=O)(=O)c3ccc(C(F)(F)F)cn3)c2)C(=O)O1.O=C=NCC(=O)COC(=O)OCc1ccccc1. The number of hydrogen-bond acceptors (Lipinski definition) is 23. The summed E-state index contributed by atoms with van der Waals surface area (Å²) in [5.74, 6) is -4.51. The lowest BCUT2D eigenvalue weighted by atomic mass is 9.80. The number of hydrogen-bond donors (Lipinski definition) is 4. The minimum Gasteiger partial charge on any atom is -0.512 e. The van der Waals surface area contributed by atoms with Crippen LogP contribution in [0, 0.1) is 0 Å². The number of rotatable bonds is 33. The van der Waals surface area contributed by atoms with Gasteiger partial charge in [0.25, 0.3) is 20.0 Å². The van der Waals surface area contributed by atoms with Crippen molar-refractivity contribution < 1.29 is 120 Å². The van der Waals surface area contributed by atoms with Crippen molar-refractivity contribution in [3.05, 3.63) is 274 Å². The monoisotopic (exact) mass is 1700 g/mol. The van der Waals surface area contributed by atoms with Crippen LogP contribution in [0.25, 0.3) is 0 Å². The molecule has 0 spiro atoms. The molecule has 26 nitrogen and oxygen atoms in total. The fraction of sp³-hybridized carbons (Fsp3) is 0.326. The number of ether oxygens (including phenoxy) is 7. The average molecular weight is 1710 g/mol. The Morgan fingerprint density at radius 3 is 1.38 bits per heavy atom. The lowest BCUT2D eigenvalue weighted by Gasteiger charge is -2.39. The molecule has 4 heterocycles. The second kappa shape index (κ2) is 44.3. The second-order valence-corrected chi connectivity index (χ2v) is 30.6. The number of aliphatic imine (C=N–C) groups is 1. The van der Waals surface area contributed by atoms with Crippen LogP contribution < -0.4 is 14.8 Å². The summed E-state index contributed by atoms with van der Waals surface area (Å²) in [4.78, 5) is 107. The molecule has 0 aliphatic carbocycles. The number of carbonyl (C=O) groups excluding carboxylic acids is 8. The normalized spacial score (nSPS) is 15.7. The average Bonchev–Trinajstić information content (AvgIpc) is 0.810. The number of esters is 3. The van der Waals surface area contributed by atoms with Gasteiger partial charge in [0.1, 0.15) is 49.0 Å². The number of alkyl carbamates (subject to hydrolysis) is 1. The lowest BCUT2D eigenvalue weighted by Crippen LogP contribution is -2.43. The summed E-state index contributed by atoms with van der Waals surface area (Å²) in [6, 6.07) is 52.1. The number of pyridine rings is 2. The number of sulfonamides is 2. The number of ketones is 1. The molecule has 120 heavy (non-hydrogen) atoms. The molecule has 0 saturated heterocycles. The third kappa shape index (κ3) is 28.3. The Labute approximate surface area is 689 Å². The highest BCUT2D eigenvalue weighted by Crippen LogP contribution is 2.46. The van der Waals surface area contributed by atoms with Gasteiger partial charge in [-0.3, -0.25) is 14.2 Å². The third-order valence-corrected chi connectivity index (χ3v) is 21.2. The molecular formula is C86H90F6N6O20S2. The van der Waals surface area contributed by atoms with E-state index in [9.17, 15) is 86.6 Å². The maximum absolute atomic E-state index is 14.2. The number of aliphatic hydroxyl groups excluding tert-OH is 1. The van der Waals surface area contributed by atoms with Crippen LogP contribution in [0.15, 0.2) is 244 Å². The number of nitrogens with one attached hydrogen (secondary N) is 3. The van der Waals surface area contributed by atoms with Gasteiger partial charge in [0.05, 0.1) is 22.3 Å². The molecule has 4 N–H and O–H groups in total. The highest BCUT2D eigenvalue weighted by atomic mass is 32.2. The predicted molar refractivity (Wildman–Crippen MR) is 426 cm³/mol. The molecule has 8 aromatic rings. The topological polar surface area (TPSA) is 364 Å². The van der Waals surface area contributed by atoms with Gasteiger partial charge in [-0.15, -0.1) is 0 Å². The Hall–Kier alpha value is -12.6. The van der Waals surface area contributed by atoms with E-state index in [1.54, 1.807) is 67.6 Å². The van der Waals surface area contributed by atoms with Crippen molar-refractivity contribution in [2.24, 2.45) is 4.99 Å². The van der Waals surface area contributed by atoms with Crippen LogP contribution >= 0.6 is 0 Å². The largest absolute Gasteiger partial charge is 0.516 e. The Kier molecular flexibility index (Phi) is 34.9. The first-order chi connectivity index (χ1) is 56.7. The van der Waals surface area contributed by atoms with Crippen molar-refractivity contribution in [3.63, 3.8) is 0 Å². The van der Waals surface area contributed by atoms with Gasteiger partial charge in [-0.25, -0.2) is 43.5 Å². The zero-order valence-electron chi connectivity index (χ0n) is 64.9. The Morgan fingerprint density at radius 2 is 0.975 bits per heavy atom. The molecule has 0 radical (unpaired) electrons. The highest BCUT2D eigenvalue weighted by Gasteiger charge is 2.46. The maximum atomic E-state index is 14.2. The summed E-state index contributed by atoms with van der Waals surface area (Å²) in [5, 5.41) is 12.2. The van der Waals surface area contributed by atoms with Crippen LogP contribution in [-0.2, 0) is 116 Å². The summed E-state index contributed by atoms with van der Waals surface area (Å²) in [7, 11) is -8.76. The Morgan fingerprint density at radius 1 is 0.550 bits per heavy atom. The van der Waals surface area contributed by atoms with Gasteiger partial charge in [-0.2, -0.15) is 48.2 Å². The molecule has 2 aliphatic heterocycles. The van der Waals surface area contributed by atoms with Crippen molar-refractivity contribution in [1.82, 2.24) is 15.3 Å². The summed E-state index contributed by atoms with van der Waals surface area (Å²) in [6.45, 7) is 5.82. The van der Waals surface area contributed by atoms with Crippen LogP contribution in [0.4, 0.5) is 52.1 Å². The molecule has 0 bridgehead atoms. The van der Waals surface area contributed by atoms with E-state index in [0.29, 0.717) is 92.6 Å². The predicted octanol–water partition coefficient (Wildman–Crippen LogP) is 17.6. The van der Waals surface area contributed by atoms with E-state index < -0.39 is 132 Å². The number of alkyl halides is 6. The molecule has 2 aromatic heterocycles. The summed E-state index contributed by atoms with van der Waals surface area (Å²) >= 11 is 0. The number of nitrogens with zero attached hydrogens (tertiary/aromatic N) is 3. The Bertz CT molecular complexity index is 5160. The molecule has 6 aromatic carbocycles. The summed E-state index contributed by atoms with van der Waals surface area (Å²) in [6.07, 6.45) is -5.30. The number of amides is 1. The van der Waals surface area contributed by atoms with Crippen LogP contribution in [-0.4, -0.2) is 111 Å². The molecule has 0 unspecified atom stereocenters. The van der Waals surface area contributed by atoms with Gasteiger partial charge in [-0.05, 0) is 133 Å². The smallest absolute Gasteiger partial charge is 0.512 e. The standard InChI is InChI=1S/C42H42F3N3O10S.C31H33F3N2O5S.C12H11NO5.CH4/c1-3-21-41(22-20-28-12-7-5-8-13-28)24-34(56-39(51)47-26-36(49)57-40(52)55-27-29-14-9-6-10-15-29)37(38(50)58-41)33(4-2)30-16-11-17-32(23-30)48-59(53,54)35-19-18-31(25-46-35)42(43,44)45;1-3-16-30(17-15-21-9-6-5-7-10-21)19-26(37)28(29(38)41-30)25(4-2)22-11-8-12-24(18-22)36-42(39,40)27-14-13-23(20-35-27)31(32,33)34;14-9-13-6-11(15)8-18-12(16)17-7-10-4-2-1-3-5-10;/h5-19,23,25,33,48H,3-4,20-22,24,26-27H2,1-2H3,(H,47,51);5-14,18,20,25,36-37H,3-4,15-17,19H2,1-2H3;1-5H,6-8H2;1H4/t33-,41-;25-,30-;;/m11../s1. The number of isocyanates is 1. The van der Waals surface area contributed by atoms with E-state index in [0.717, 1.165) is 35.2 Å². The van der Waals surface area contributed by atoms with Crippen molar-refractivity contribution in [3.8, 4) is 0 Å². The molecule has 10 rings (SSSR count). The maximum Gasteiger partial charge on any atom is 0.516 e. The van der Waals surface area contributed by atoms with Gasteiger partial charge in [0, 0.05) is 48.4 Å². The lowest BCUT2D eigenvalue weighted by molar-refractivity contribution is -0.162. The van der Waals surface area contributed by atoms with Gasteiger partial charge in [-0.1, -0.05) is 194 Å². The van der Waals surface area contributed by atoms with E-state index >= 15 is 0 Å². The highest BCUT2D eigenvalue weighted by molar-refractivity contribution is 7.93. The zero-order chi connectivity index (χ0) is 86.4. The molecule has 4 atom stereocenters.